The number of anilines is 2. The Kier molecular flexibility index (Phi) is 2.99. The van der Waals surface area contributed by atoms with E-state index in [0.29, 0.717) is 17.5 Å². The van der Waals surface area contributed by atoms with Crippen molar-refractivity contribution in [3.63, 3.8) is 0 Å². The molecule has 0 unspecified atom stereocenters. The Hall–Kier alpha value is -2.62. The fourth-order valence-electron chi connectivity index (χ4n) is 2.33. The maximum Gasteiger partial charge on any atom is 0.228 e. The molecular formula is C16H14N2O2. The van der Waals surface area contributed by atoms with Crippen LogP contribution in [0.2, 0.25) is 0 Å². The molecule has 2 aromatic carbocycles. The first-order valence-corrected chi connectivity index (χ1v) is 6.42. The quantitative estimate of drug-likeness (QED) is 0.839. The van der Waals surface area contributed by atoms with Crippen molar-refractivity contribution in [2.75, 3.05) is 17.7 Å². The summed E-state index contributed by atoms with van der Waals surface area (Å²) in [5.74, 6) is -0.0576. The lowest BCUT2D eigenvalue weighted by atomic mass is 10.00. The van der Waals surface area contributed by atoms with Gasteiger partial charge in [0, 0.05) is 29.5 Å². The molecule has 1 aliphatic rings. The summed E-state index contributed by atoms with van der Waals surface area (Å²) in [6.45, 7) is 0. The van der Waals surface area contributed by atoms with E-state index in [0.717, 1.165) is 16.9 Å². The third-order valence-electron chi connectivity index (χ3n) is 3.43. The van der Waals surface area contributed by atoms with Gasteiger partial charge in [0.25, 0.3) is 0 Å². The Morgan fingerprint density at radius 1 is 1.10 bits per heavy atom. The number of fused-ring (bicyclic) bond motifs is 1. The molecule has 0 atom stereocenters. The molecule has 0 bridgehead atoms. The van der Waals surface area contributed by atoms with Gasteiger partial charge in [-0.15, -0.1) is 0 Å². The minimum atomic E-state index is -0.0326. The van der Waals surface area contributed by atoms with Crippen molar-refractivity contribution in [3.8, 4) is 0 Å². The summed E-state index contributed by atoms with van der Waals surface area (Å²) < 4.78 is 0. The van der Waals surface area contributed by atoms with Crippen LogP contribution in [0.15, 0.2) is 42.5 Å². The zero-order chi connectivity index (χ0) is 14.1. The molecule has 3 rings (SSSR count). The molecular weight excluding hydrogens is 252 g/mol. The van der Waals surface area contributed by atoms with E-state index in [4.69, 9.17) is 0 Å². The molecule has 2 N–H and O–H groups in total. The first-order valence-electron chi connectivity index (χ1n) is 6.42. The van der Waals surface area contributed by atoms with Crippen LogP contribution >= 0.6 is 0 Å². The van der Waals surface area contributed by atoms with Crippen LogP contribution < -0.4 is 10.6 Å². The third kappa shape index (κ3) is 2.16. The lowest BCUT2D eigenvalue weighted by molar-refractivity contribution is -0.115. The molecule has 0 saturated heterocycles. The fraction of sp³-hybridized carbons (Fsp3) is 0.125. The van der Waals surface area contributed by atoms with Gasteiger partial charge in [0.15, 0.2) is 5.78 Å². The first-order chi connectivity index (χ1) is 9.67. The summed E-state index contributed by atoms with van der Waals surface area (Å²) in [4.78, 5) is 23.7. The molecule has 2 aromatic rings. The Balaban J connectivity index is 1.90. The largest absolute Gasteiger partial charge is 0.388 e. The Morgan fingerprint density at radius 2 is 1.80 bits per heavy atom. The molecule has 0 aliphatic carbocycles. The molecule has 4 heteroatoms. The van der Waals surface area contributed by atoms with Crippen LogP contribution in [-0.2, 0) is 11.2 Å². The summed E-state index contributed by atoms with van der Waals surface area (Å²) >= 11 is 0. The van der Waals surface area contributed by atoms with Crippen molar-refractivity contribution in [1.29, 1.82) is 0 Å². The summed E-state index contributed by atoms with van der Waals surface area (Å²) in [6.07, 6.45) is 0.342. The van der Waals surface area contributed by atoms with Gasteiger partial charge in [-0.05, 0) is 48.0 Å². The van der Waals surface area contributed by atoms with E-state index >= 15 is 0 Å². The third-order valence-corrected chi connectivity index (χ3v) is 3.43. The van der Waals surface area contributed by atoms with Gasteiger partial charge in [-0.2, -0.15) is 0 Å². The zero-order valence-corrected chi connectivity index (χ0v) is 11.1. The van der Waals surface area contributed by atoms with E-state index in [9.17, 15) is 9.59 Å². The summed E-state index contributed by atoms with van der Waals surface area (Å²) in [6, 6.07) is 12.7. The molecule has 4 nitrogen and oxygen atoms in total. The summed E-state index contributed by atoms with van der Waals surface area (Å²) in [5, 5.41) is 5.77. The number of ketones is 1. The van der Waals surface area contributed by atoms with Gasteiger partial charge in [-0.25, -0.2) is 0 Å². The lowest BCUT2D eigenvalue weighted by Gasteiger charge is -2.05. The van der Waals surface area contributed by atoms with Crippen molar-refractivity contribution < 1.29 is 9.59 Å². The van der Waals surface area contributed by atoms with Crippen LogP contribution in [-0.4, -0.2) is 18.7 Å². The SMILES string of the molecule is CNc1ccc(C(=O)c2ccc3c(c2)CC(=O)N3)cc1. The Morgan fingerprint density at radius 3 is 2.50 bits per heavy atom. The number of benzene rings is 2. The van der Waals surface area contributed by atoms with Crippen molar-refractivity contribution in [2.45, 2.75) is 6.42 Å². The van der Waals surface area contributed by atoms with E-state index in [-0.39, 0.29) is 11.7 Å². The molecule has 1 aliphatic heterocycles. The zero-order valence-electron chi connectivity index (χ0n) is 11.1. The monoisotopic (exact) mass is 266 g/mol. The average Bonchev–Trinajstić information content (AvgIpc) is 2.85. The van der Waals surface area contributed by atoms with E-state index in [1.165, 1.54) is 0 Å². The van der Waals surface area contributed by atoms with E-state index < -0.39 is 0 Å². The van der Waals surface area contributed by atoms with Crippen LogP contribution in [0, 0.1) is 0 Å². The van der Waals surface area contributed by atoms with Gasteiger partial charge in [-0.3, -0.25) is 9.59 Å². The van der Waals surface area contributed by atoms with Gasteiger partial charge in [0.2, 0.25) is 5.91 Å². The molecule has 0 fully saturated rings. The molecule has 100 valence electrons. The Labute approximate surface area is 116 Å². The number of hydrogen-bond acceptors (Lipinski definition) is 3. The lowest BCUT2D eigenvalue weighted by Crippen LogP contribution is -2.03. The van der Waals surface area contributed by atoms with Gasteiger partial charge < -0.3 is 10.6 Å². The number of carbonyl (C=O) groups is 2. The van der Waals surface area contributed by atoms with Gasteiger partial charge in [0.05, 0.1) is 6.42 Å². The molecule has 1 heterocycles. The second-order valence-electron chi connectivity index (χ2n) is 4.75. The first kappa shape index (κ1) is 12.4. The minimum Gasteiger partial charge on any atom is -0.388 e. The molecule has 0 spiro atoms. The number of amides is 1. The highest BCUT2D eigenvalue weighted by Gasteiger charge is 2.19. The van der Waals surface area contributed by atoms with Gasteiger partial charge in [0.1, 0.15) is 0 Å². The number of hydrogen-bond donors (Lipinski definition) is 2. The van der Waals surface area contributed by atoms with Gasteiger partial charge in [-0.1, -0.05) is 0 Å². The van der Waals surface area contributed by atoms with Crippen molar-refractivity contribution in [1.82, 2.24) is 0 Å². The molecule has 20 heavy (non-hydrogen) atoms. The highest BCUT2D eigenvalue weighted by atomic mass is 16.1. The Bertz CT molecular complexity index is 690. The topological polar surface area (TPSA) is 58.2 Å². The van der Waals surface area contributed by atoms with Gasteiger partial charge >= 0.3 is 0 Å². The molecule has 1 amide bonds. The minimum absolute atomic E-state index is 0.0250. The summed E-state index contributed by atoms with van der Waals surface area (Å²) in [7, 11) is 1.83. The predicted molar refractivity (Wildman–Crippen MR) is 78.2 cm³/mol. The summed E-state index contributed by atoms with van der Waals surface area (Å²) in [5.41, 5.74) is 3.90. The maximum atomic E-state index is 12.4. The highest BCUT2D eigenvalue weighted by Crippen LogP contribution is 2.25. The second kappa shape index (κ2) is 4.81. The molecule has 0 saturated carbocycles. The van der Waals surface area contributed by atoms with Crippen LogP contribution in [0.25, 0.3) is 0 Å². The molecule has 0 aromatic heterocycles. The fourth-order valence-corrected chi connectivity index (χ4v) is 2.33. The second-order valence-corrected chi connectivity index (χ2v) is 4.75. The predicted octanol–water partition coefficient (Wildman–Crippen LogP) is 2.45. The average molecular weight is 266 g/mol. The normalized spacial score (nSPS) is 12.8. The smallest absolute Gasteiger partial charge is 0.228 e. The van der Waals surface area contributed by atoms with E-state index in [1.54, 1.807) is 30.3 Å². The van der Waals surface area contributed by atoms with E-state index in [2.05, 4.69) is 10.6 Å². The van der Waals surface area contributed by atoms with E-state index in [1.807, 2.05) is 19.2 Å². The van der Waals surface area contributed by atoms with Crippen LogP contribution in [0.4, 0.5) is 11.4 Å². The standard InChI is InChI=1S/C16H14N2O2/c1-17-13-5-2-10(3-6-13)16(20)11-4-7-14-12(8-11)9-15(19)18-14/h2-8,17H,9H2,1H3,(H,18,19). The van der Waals surface area contributed by atoms with Crippen molar-refractivity contribution in [2.24, 2.45) is 0 Å². The van der Waals surface area contributed by atoms with Crippen LogP contribution in [0.1, 0.15) is 21.5 Å². The number of carbonyl (C=O) groups excluding carboxylic acids is 2. The van der Waals surface area contributed by atoms with Crippen LogP contribution in [0.5, 0.6) is 0 Å². The molecule has 0 radical (unpaired) electrons. The van der Waals surface area contributed by atoms with Crippen molar-refractivity contribution >= 4 is 23.1 Å². The maximum absolute atomic E-state index is 12.4. The van der Waals surface area contributed by atoms with Crippen molar-refractivity contribution in [3.05, 3.63) is 59.2 Å². The highest BCUT2D eigenvalue weighted by molar-refractivity contribution is 6.10. The number of rotatable bonds is 3. The van der Waals surface area contributed by atoms with Crippen LogP contribution in [0.3, 0.4) is 0 Å². The number of nitrogens with one attached hydrogen (secondary N) is 2.